The standard InChI is InChI=1S/C9H17ClN2O3S/c1-9(8(13)11-2)3-5-12(7-9)16(14,15)6-4-10/h3-7H2,1-2H3,(H,11,13). The van der Waals surface area contributed by atoms with Crippen LogP contribution in [0.2, 0.25) is 0 Å². The molecule has 5 nitrogen and oxygen atoms in total. The lowest BCUT2D eigenvalue weighted by molar-refractivity contribution is -0.128. The molecule has 1 fully saturated rings. The number of carbonyl (C=O) groups excluding carboxylic acids is 1. The van der Waals surface area contributed by atoms with Crippen LogP contribution in [0.5, 0.6) is 0 Å². The Kier molecular flexibility index (Phi) is 4.20. The van der Waals surface area contributed by atoms with Gasteiger partial charge in [0.05, 0.1) is 11.2 Å². The molecule has 0 aromatic carbocycles. The molecule has 16 heavy (non-hydrogen) atoms. The van der Waals surface area contributed by atoms with Crippen molar-refractivity contribution in [2.75, 3.05) is 31.8 Å². The first-order valence-corrected chi connectivity index (χ1v) is 7.26. The molecule has 0 aromatic heterocycles. The van der Waals surface area contributed by atoms with Gasteiger partial charge in [0.15, 0.2) is 0 Å². The Labute approximate surface area is 101 Å². The lowest BCUT2D eigenvalue weighted by Gasteiger charge is -2.22. The molecule has 94 valence electrons. The van der Waals surface area contributed by atoms with Gasteiger partial charge in [0.25, 0.3) is 0 Å². The van der Waals surface area contributed by atoms with Gasteiger partial charge in [0, 0.05) is 26.0 Å². The zero-order valence-electron chi connectivity index (χ0n) is 9.49. The van der Waals surface area contributed by atoms with E-state index in [9.17, 15) is 13.2 Å². The predicted molar refractivity (Wildman–Crippen MR) is 62.9 cm³/mol. The van der Waals surface area contributed by atoms with Crippen molar-refractivity contribution in [1.29, 1.82) is 0 Å². The van der Waals surface area contributed by atoms with Crippen LogP contribution in [0.25, 0.3) is 0 Å². The molecule has 7 heteroatoms. The van der Waals surface area contributed by atoms with Gasteiger partial charge >= 0.3 is 0 Å². The number of nitrogens with zero attached hydrogens (tertiary/aromatic N) is 1. The predicted octanol–water partition coefficient (Wildman–Crippen LogP) is 0.0130. The summed E-state index contributed by atoms with van der Waals surface area (Å²) < 4.78 is 24.8. The van der Waals surface area contributed by atoms with Crippen LogP contribution in [0.1, 0.15) is 13.3 Å². The zero-order chi connectivity index (χ0) is 12.4. The van der Waals surface area contributed by atoms with Gasteiger partial charge in [0.2, 0.25) is 15.9 Å². The summed E-state index contributed by atoms with van der Waals surface area (Å²) in [4.78, 5) is 11.6. The Morgan fingerprint density at radius 1 is 1.56 bits per heavy atom. The molecule has 0 aliphatic carbocycles. The van der Waals surface area contributed by atoms with Crippen molar-refractivity contribution < 1.29 is 13.2 Å². The quantitative estimate of drug-likeness (QED) is 0.731. The molecule has 1 saturated heterocycles. The van der Waals surface area contributed by atoms with E-state index < -0.39 is 15.4 Å². The van der Waals surface area contributed by atoms with Crippen LogP contribution in [-0.2, 0) is 14.8 Å². The van der Waals surface area contributed by atoms with Crippen LogP contribution in [0.15, 0.2) is 0 Å². The summed E-state index contributed by atoms with van der Waals surface area (Å²) in [6.45, 7) is 2.41. The fourth-order valence-electron chi connectivity index (χ4n) is 1.87. The summed E-state index contributed by atoms with van der Waals surface area (Å²) in [7, 11) is -1.74. The van der Waals surface area contributed by atoms with Crippen molar-refractivity contribution in [3.05, 3.63) is 0 Å². The van der Waals surface area contributed by atoms with Gasteiger partial charge in [-0.2, -0.15) is 0 Å². The monoisotopic (exact) mass is 268 g/mol. The highest BCUT2D eigenvalue weighted by Crippen LogP contribution is 2.31. The first-order valence-electron chi connectivity index (χ1n) is 5.12. The highest BCUT2D eigenvalue weighted by molar-refractivity contribution is 7.89. The van der Waals surface area contributed by atoms with Crippen LogP contribution < -0.4 is 5.32 Å². The lowest BCUT2D eigenvalue weighted by atomic mass is 9.89. The van der Waals surface area contributed by atoms with E-state index in [2.05, 4.69) is 5.32 Å². The van der Waals surface area contributed by atoms with E-state index in [1.165, 1.54) is 4.31 Å². The van der Waals surface area contributed by atoms with Gasteiger partial charge < -0.3 is 5.32 Å². The molecule has 1 aliphatic heterocycles. The van der Waals surface area contributed by atoms with Crippen molar-refractivity contribution in [3.63, 3.8) is 0 Å². The van der Waals surface area contributed by atoms with E-state index in [0.29, 0.717) is 13.0 Å². The Balaban J connectivity index is 2.76. The minimum absolute atomic E-state index is 0.0711. The zero-order valence-corrected chi connectivity index (χ0v) is 11.1. The summed E-state index contributed by atoms with van der Waals surface area (Å²) in [5.74, 6) is -0.107. The molecule has 1 rings (SSSR count). The fraction of sp³-hybridized carbons (Fsp3) is 0.889. The molecule has 1 heterocycles. The van der Waals surface area contributed by atoms with Gasteiger partial charge in [-0.25, -0.2) is 12.7 Å². The third kappa shape index (κ3) is 2.67. The van der Waals surface area contributed by atoms with Crippen LogP contribution >= 0.6 is 11.6 Å². The third-order valence-corrected chi connectivity index (χ3v) is 5.17. The molecule has 0 spiro atoms. The first kappa shape index (κ1) is 13.7. The molecule has 1 unspecified atom stereocenters. The largest absolute Gasteiger partial charge is 0.359 e. The van der Waals surface area contributed by atoms with Crippen molar-refractivity contribution in [1.82, 2.24) is 9.62 Å². The first-order chi connectivity index (χ1) is 7.35. The maximum Gasteiger partial charge on any atom is 0.227 e. The average Bonchev–Trinajstić information content (AvgIpc) is 2.62. The summed E-state index contributed by atoms with van der Waals surface area (Å²) in [6.07, 6.45) is 0.550. The molecule has 1 aliphatic rings. The number of nitrogens with one attached hydrogen (secondary N) is 1. The summed E-state index contributed by atoms with van der Waals surface area (Å²) >= 11 is 5.44. The Morgan fingerprint density at radius 2 is 2.19 bits per heavy atom. The van der Waals surface area contributed by atoms with Crippen molar-refractivity contribution in [3.8, 4) is 0 Å². The SMILES string of the molecule is CNC(=O)C1(C)CCN(S(=O)(=O)CCCl)C1. The van der Waals surface area contributed by atoms with Gasteiger partial charge in [-0.3, -0.25) is 4.79 Å². The Morgan fingerprint density at radius 3 is 2.69 bits per heavy atom. The molecular weight excluding hydrogens is 252 g/mol. The molecular formula is C9H17ClN2O3S. The van der Waals surface area contributed by atoms with Crippen LogP contribution in [-0.4, -0.2) is 50.4 Å². The summed E-state index contributed by atoms with van der Waals surface area (Å²) in [6, 6.07) is 0. The topological polar surface area (TPSA) is 66.5 Å². The minimum atomic E-state index is -3.30. The number of sulfonamides is 1. The smallest absolute Gasteiger partial charge is 0.227 e. The van der Waals surface area contributed by atoms with Gasteiger partial charge in [-0.15, -0.1) is 11.6 Å². The van der Waals surface area contributed by atoms with Crippen molar-refractivity contribution in [2.24, 2.45) is 5.41 Å². The Hall–Kier alpha value is -0.330. The highest BCUT2D eigenvalue weighted by Gasteiger charge is 2.43. The number of alkyl halides is 1. The number of hydrogen-bond acceptors (Lipinski definition) is 3. The Bertz CT molecular complexity index is 371. The van der Waals surface area contributed by atoms with E-state index in [1.54, 1.807) is 14.0 Å². The van der Waals surface area contributed by atoms with Crippen LogP contribution in [0, 0.1) is 5.41 Å². The van der Waals surface area contributed by atoms with E-state index >= 15 is 0 Å². The molecule has 1 N–H and O–H groups in total. The normalized spacial score (nSPS) is 26.9. The molecule has 0 saturated carbocycles. The van der Waals surface area contributed by atoms with Gasteiger partial charge in [-0.05, 0) is 13.3 Å². The molecule has 0 bridgehead atoms. The molecule has 0 aromatic rings. The van der Waals surface area contributed by atoms with Gasteiger partial charge in [-0.1, -0.05) is 0 Å². The van der Waals surface area contributed by atoms with Crippen molar-refractivity contribution >= 4 is 27.5 Å². The maximum absolute atomic E-state index is 11.7. The second kappa shape index (κ2) is 4.89. The van der Waals surface area contributed by atoms with E-state index in [0.717, 1.165) is 0 Å². The van der Waals surface area contributed by atoms with E-state index in [4.69, 9.17) is 11.6 Å². The van der Waals surface area contributed by atoms with Crippen LogP contribution in [0.3, 0.4) is 0 Å². The van der Waals surface area contributed by atoms with Crippen molar-refractivity contribution in [2.45, 2.75) is 13.3 Å². The van der Waals surface area contributed by atoms with E-state index in [-0.39, 0.29) is 24.1 Å². The highest BCUT2D eigenvalue weighted by atomic mass is 35.5. The lowest BCUT2D eigenvalue weighted by Crippen LogP contribution is -2.40. The number of hydrogen-bond donors (Lipinski definition) is 1. The second-order valence-electron chi connectivity index (χ2n) is 4.23. The second-order valence-corrected chi connectivity index (χ2v) is 6.69. The minimum Gasteiger partial charge on any atom is -0.359 e. The summed E-state index contributed by atoms with van der Waals surface area (Å²) in [5, 5.41) is 2.56. The number of amides is 1. The summed E-state index contributed by atoms with van der Waals surface area (Å²) in [5.41, 5.74) is -0.617. The molecule has 0 radical (unpaired) electrons. The number of rotatable bonds is 4. The molecule has 1 amide bonds. The third-order valence-electron chi connectivity index (χ3n) is 2.94. The maximum atomic E-state index is 11.7. The molecule has 1 atom stereocenters. The average molecular weight is 269 g/mol. The van der Waals surface area contributed by atoms with Gasteiger partial charge in [0.1, 0.15) is 0 Å². The fourth-order valence-corrected chi connectivity index (χ4v) is 3.76. The number of halogens is 1. The van der Waals surface area contributed by atoms with Crippen LogP contribution in [0.4, 0.5) is 0 Å². The number of carbonyl (C=O) groups is 1. The van der Waals surface area contributed by atoms with E-state index in [1.807, 2.05) is 0 Å².